The van der Waals surface area contributed by atoms with E-state index in [0.29, 0.717) is 0 Å². The van der Waals surface area contributed by atoms with E-state index in [-0.39, 0.29) is 23.7 Å². The lowest BCUT2D eigenvalue weighted by molar-refractivity contribution is -0.130. The number of hydrogen-bond donors (Lipinski definition) is 1. The predicted molar refractivity (Wildman–Crippen MR) is 58.0 cm³/mol. The average molecular weight is 232 g/mol. The number of carbonyl (C=O) groups is 1. The maximum absolute atomic E-state index is 11.5. The second kappa shape index (κ2) is 4.32. The summed E-state index contributed by atoms with van der Waals surface area (Å²) in [6.45, 7) is 1.72. The van der Waals surface area contributed by atoms with Gasteiger partial charge in [0.05, 0.1) is 11.8 Å². The standard InChI is InChI=1S/C9H16N2O3S/c1-7(9(12)11(2)3)10-8-4-5-15(13,14)6-8/h4-5,7-8,10H,6H2,1-3H3. The Labute approximate surface area is 90.1 Å². The van der Waals surface area contributed by atoms with Crippen LogP contribution in [0.1, 0.15) is 6.92 Å². The normalized spacial score (nSPS) is 25.1. The highest BCUT2D eigenvalue weighted by atomic mass is 32.2. The fourth-order valence-electron chi connectivity index (χ4n) is 1.46. The van der Waals surface area contributed by atoms with Gasteiger partial charge in [-0.25, -0.2) is 8.42 Å². The molecule has 0 aromatic rings. The van der Waals surface area contributed by atoms with Crippen molar-refractivity contribution >= 4 is 15.7 Å². The third-order valence-electron chi connectivity index (χ3n) is 2.21. The van der Waals surface area contributed by atoms with Crippen LogP contribution in [0.2, 0.25) is 0 Å². The highest BCUT2D eigenvalue weighted by Crippen LogP contribution is 2.08. The van der Waals surface area contributed by atoms with Crippen LogP contribution in [0.3, 0.4) is 0 Å². The molecule has 0 spiro atoms. The highest BCUT2D eigenvalue weighted by molar-refractivity contribution is 7.94. The first-order valence-corrected chi connectivity index (χ1v) is 6.41. The molecule has 1 rings (SSSR count). The van der Waals surface area contributed by atoms with Crippen LogP contribution in [0.4, 0.5) is 0 Å². The van der Waals surface area contributed by atoms with Crippen LogP contribution in [0.15, 0.2) is 11.5 Å². The van der Waals surface area contributed by atoms with Crippen molar-refractivity contribution in [3.05, 3.63) is 11.5 Å². The van der Waals surface area contributed by atoms with Gasteiger partial charge < -0.3 is 4.90 Å². The molecule has 5 nitrogen and oxygen atoms in total. The average Bonchev–Trinajstić information content (AvgIpc) is 2.43. The zero-order valence-electron chi connectivity index (χ0n) is 9.10. The van der Waals surface area contributed by atoms with Crippen molar-refractivity contribution in [2.75, 3.05) is 19.8 Å². The molecule has 15 heavy (non-hydrogen) atoms. The Morgan fingerprint density at radius 2 is 2.13 bits per heavy atom. The zero-order valence-corrected chi connectivity index (χ0v) is 9.91. The van der Waals surface area contributed by atoms with Crippen LogP contribution < -0.4 is 5.32 Å². The van der Waals surface area contributed by atoms with Crippen molar-refractivity contribution in [3.63, 3.8) is 0 Å². The highest BCUT2D eigenvalue weighted by Gasteiger charge is 2.25. The molecule has 2 atom stereocenters. The van der Waals surface area contributed by atoms with Crippen molar-refractivity contribution in [1.82, 2.24) is 10.2 Å². The Balaban J connectivity index is 2.51. The minimum atomic E-state index is -3.05. The number of hydrogen-bond acceptors (Lipinski definition) is 4. The Morgan fingerprint density at radius 1 is 1.53 bits per heavy atom. The molecule has 2 unspecified atom stereocenters. The molecule has 1 heterocycles. The number of amides is 1. The molecule has 0 saturated carbocycles. The number of sulfone groups is 1. The van der Waals surface area contributed by atoms with Crippen molar-refractivity contribution in [2.24, 2.45) is 0 Å². The van der Waals surface area contributed by atoms with E-state index in [9.17, 15) is 13.2 Å². The zero-order chi connectivity index (χ0) is 11.6. The second-order valence-electron chi connectivity index (χ2n) is 3.89. The molecule has 1 amide bonds. The van der Waals surface area contributed by atoms with E-state index in [1.54, 1.807) is 27.1 Å². The van der Waals surface area contributed by atoms with Gasteiger partial charge in [-0.15, -0.1) is 0 Å². The van der Waals surface area contributed by atoms with Crippen molar-refractivity contribution < 1.29 is 13.2 Å². The Bertz CT molecular complexity index is 373. The summed E-state index contributed by atoms with van der Waals surface area (Å²) in [5, 5.41) is 4.15. The lowest BCUT2D eigenvalue weighted by Crippen LogP contribution is -2.46. The summed E-state index contributed by atoms with van der Waals surface area (Å²) >= 11 is 0. The van der Waals surface area contributed by atoms with E-state index < -0.39 is 9.84 Å². The molecule has 1 aliphatic heterocycles. The summed E-state index contributed by atoms with van der Waals surface area (Å²) in [5.74, 6) is -0.0226. The van der Waals surface area contributed by atoms with Crippen molar-refractivity contribution in [2.45, 2.75) is 19.0 Å². The predicted octanol–water partition coefficient (Wildman–Crippen LogP) is -0.637. The molecule has 86 valence electrons. The van der Waals surface area contributed by atoms with Crippen LogP contribution in [-0.4, -0.2) is 51.2 Å². The maximum Gasteiger partial charge on any atom is 0.238 e. The summed E-state index contributed by atoms with van der Waals surface area (Å²) in [5.41, 5.74) is 0. The monoisotopic (exact) mass is 232 g/mol. The lowest BCUT2D eigenvalue weighted by atomic mass is 10.2. The van der Waals surface area contributed by atoms with Crippen LogP contribution >= 0.6 is 0 Å². The molecule has 1 N–H and O–H groups in total. The van der Waals surface area contributed by atoms with Gasteiger partial charge in [-0.05, 0) is 6.92 Å². The van der Waals surface area contributed by atoms with Crippen LogP contribution in [0, 0.1) is 0 Å². The first-order chi connectivity index (χ1) is 6.82. The van der Waals surface area contributed by atoms with Gasteiger partial charge in [-0.3, -0.25) is 10.1 Å². The molecule has 1 aliphatic rings. The van der Waals surface area contributed by atoms with Crippen molar-refractivity contribution in [3.8, 4) is 0 Å². The largest absolute Gasteiger partial charge is 0.347 e. The summed E-state index contributed by atoms with van der Waals surface area (Å²) in [6.07, 6.45) is 1.58. The number of nitrogens with zero attached hydrogens (tertiary/aromatic N) is 1. The number of carbonyl (C=O) groups excluding carboxylic acids is 1. The van der Waals surface area contributed by atoms with Gasteiger partial charge in [0.25, 0.3) is 0 Å². The first-order valence-electron chi connectivity index (χ1n) is 4.70. The lowest BCUT2D eigenvalue weighted by Gasteiger charge is -2.20. The summed E-state index contributed by atoms with van der Waals surface area (Å²) in [6, 6.07) is -0.628. The van der Waals surface area contributed by atoms with E-state index in [4.69, 9.17) is 0 Å². The van der Waals surface area contributed by atoms with E-state index in [1.165, 1.54) is 10.3 Å². The van der Waals surface area contributed by atoms with Gasteiger partial charge in [0.1, 0.15) is 0 Å². The molecule has 6 heteroatoms. The SMILES string of the molecule is CC(NC1C=CS(=O)(=O)C1)C(=O)N(C)C. The molecule has 0 bridgehead atoms. The third kappa shape index (κ3) is 3.32. The molecule has 0 aromatic carbocycles. The minimum Gasteiger partial charge on any atom is -0.347 e. The Morgan fingerprint density at radius 3 is 2.53 bits per heavy atom. The quantitative estimate of drug-likeness (QED) is 0.703. The Hall–Kier alpha value is -0.880. The van der Waals surface area contributed by atoms with Crippen LogP contribution in [0.5, 0.6) is 0 Å². The first kappa shape index (κ1) is 12.2. The van der Waals surface area contributed by atoms with Gasteiger partial charge in [0.15, 0.2) is 9.84 Å². The Kier molecular flexibility index (Phi) is 3.51. The minimum absolute atomic E-state index is 0.0397. The number of nitrogens with one attached hydrogen (secondary N) is 1. The van der Waals surface area contributed by atoms with Crippen molar-refractivity contribution in [1.29, 1.82) is 0 Å². The molecule has 0 saturated heterocycles. The summed E-state index contributed by atoms with van der Waals surface area (Å²) < 4.78 is 22.2. The van der Waals surface area contributed by atoms with Gasteiger partial charge in [0.2, 0.25) is 5.91 Å². The summed E-state index contributed by atoms with van der Waals surface area (Å²) in [4.78, 5) is 13.0. The molecule has 0 aliphatic carbocycles. The molecule has 0 aromatic heterocycles. The fourth-order valence-corrected chi connectivity index (χ4v) is 2.71. The van der Waals surface area contributed by atoms with Crippen LogP contribution in [-0.2, 0) is 14.6 Å². The molecular weight excluding hydrogens is 216 g/mol. The number of rotatable bonds is 3. The van der Waals surface area contributed by atoms with E-state index in [0.717, 1.165) is 0 Å². The summed E-state index contributed by atoms with van der Waals surface area (Å²) in [7, 11) is 0.282. The van der Waals surface area contributed by atoms with E-state index in [2.05, 4.69) is 5.32 Å². The molecule has 0 radical (unpaired) electrons. The van der Waals surface area contributed by atoms with E-state index >= 15 is 0 Å². The molecule has 0 fully saturated rings. The van der Waals surface area contributed by atoms with Gasteiger partial charge in [-0.1, -0.05) is 6.08 Å². The number of likely N-dealkylation sites (N-methyl/N-ethyl adjacent to an activating group) is 1. The smallest absolute Gasteiger partial charge is 0.238 e. The second-order valence-corrected chi connectivity index (χ2v) is 5.82. The van der Waals surface area contributed by atoms with Gasteiger partial charge in [0, 0.05) is 25.5 Å². The third-order valence-corrected chi connectivity index (χ3v) is 3.60. The maximum atomic E-state index is 11.5. The molecular formula is C9H16N2O3S. The van der Waals surface area contributed by atoms with Gasteiger partial charge >= 0.3 is 0 Å². The fraction of sp³-hybridized carbons (Fsp3) is 0.667. The van der Waals surface area contributed by atoms with Crippen LogP contribution in [0.25, 0.3) is 0 Å². The van der Waals surface area contributed by atoms with E-state index in [1.807, 2.05) is 0 Å². The topological polar surface area (TPSA) is 66.5 Å². The van der Waals surface area contributed by atoms with Gasteiger partial charge in [-0.2, -0.15) is 0 Å².